The number of nitrogens with one attached hydrogen (secondary N) is 1. The highest BCUT2D eigenvalue weighted by Gasteiger charge is 2.45. The zero-order valence-corrected chi connectivity index (χ0v) is 16.7. The van der Waals surface area contributed by atoms with Crippen molar-refractivity contribution in [2.24, 2.45) is 5.41 Å². The molecular weight excluding hydrogens is 368 g/mol. The molecule has 0 radical (unpaired) electrons. The zero-order valence-electron chi connectivity index (χ0n) is 15.9. The fraction of sp³-hybridized carbons (Fsp3) is 0.476. The first-order chi connectivity index (χ1) is 13.8. The molecule has 7 heteroatoms. The summed E-state index contributed by atoms with van der Waals surface area (Å²) < 4.78 is 1.20. The Hall–Kier alpha value is -2.25. The molecule has 0 saturated carbocycles. The molecule has 6 heterocycles. The Balaban J connectivity index is 1.23. The third-order valence-electron chi connectivity index (χ3n) is 6.39. The summed E-state index contributed by atoms with van der Waals surface area (Å²) in [5.74, 6) is 2.17. The van der Waals surface area contributed by atoms with E-state index in [1.54, 1.807) is 11.3 Å². The van der Waals surface area contributed by atoms with E-state index < -0.39 is 0 Å². The van der Waals surface area contributed by atoms with Crippen molar-refractivity contribution in [2.75, 3.05) is 49.1 Å². The molecule has 0 amide bonds. The molecule has 0 aromatic carbocycles. The number of aromatic nitrogens is 3. The molecule has 3 aliphatic heterocycles. The largest absolute Gasteiger partial charge is 0.357 e. The van der Waals surface area contributed by atoms with Gasteiger partial charge in [0.1, 0.15) is 22.2 Å². The summed E-state index contributed by atoms with van der Waals surface area (Å²) in [5.41, 5.74) is 2.55. The van der Waals surface area contributed by atoms with Crippen LogP contribution in [-0.4, -0.2) is 54.2 Å². The molecule has 3 aliphatic rings. The van der Waals surface area contributed by atoms with Crippen LogP contribution in [0.1, 0.15) is 19.3 Å². The van der Waals surface area contributed by atoms with Crippen molar-refractivity contribution in [3.8, 4) is 10.6 Å². The molecule has 0 bridgehead atoms. The van der Waals surface area contributed by atoms with Crippen LogP contribution in [0.15, 0.2) is 30.6 Å². The summed E-state index contributed by atoms with van der Waals surface area (Å²) in [6.07, 6.45) is 7.72. The van der Waals surface area contributed by atoms with Crippen molar-refractivity contribution in [1.29, 1.82) is 0 Å². The Morgan fingerprint density at radius 3 is 2.61 bits per heavy atom. The van der Waals surface area contributed by atoms with E-state index in [2.05, 4.69) is 43.3 Å². The third kappa shape index (κ3) is 2.76. The SMILES string of the molecule is c1cc(N2CCCC2)ncc1-c1nc2cnc(N3CC4(CCNC4)C3)cc2s1. The maximum atomic E-state index is 4.80. The fourth-order valence-corrected chi connectivity index (χ4v) is 5.71. The number of hydrogen-bond donors (Lipinski definition) is 1. The predicted octanol–water partition coefficient (Wildman–Crippen LogP) is 3.15. The fourth-order valence-electron chi connectivity index (χ4n) is 4.75. The van der Waals surface area contributed by atoms with Crippen LogP contribution in [0, 0.1) is 5.41 Å². The second kappa shape index (κ2) is 6.39. The van der Waals surface area contributed by atoms with Gasteiger partial charge in [0.05, 0.1) is 10.9 Å². The van der Waals surface area contributed by atoms with Gasteiger partial charge in [-0.25, -0.2) is 15.0 Å². The van der Waals surface area contributed by atoms with E-state index in [0.29, 0.717) is 5.41 Å². The third-order valence-corrected chi connectivity index (χ3v) is 7.46. The van der Waals surface area contributed by atoms with Crippen molar-refractivity contribution in [1.82, 2.24) is 20.3 Å². The molecule has 1 N–H and O–H groups in total. The average Bonchev–Trinajstić information content (AvgIpc) is 3.46. The number of fused-ring (bicyclic) bond motifs is 1. The van der Waals surface area contributed by atoms with Gasteiger partial charge in [0, 0.05) is 56.0 Å². The molecule has 0 aliphatic carbocycles. The monoisotopic (exact) mass is 392 g/mol. The van der Waals surface area contributed by atoms with Crippen molar-refractivity contribution in [3.05, 3.63) is 30.6 Å². The predicted molar refractivity (Wildman–Crippen MR) is 114 cm³/mol. The molecule has 3 saturated heterocycles. The van der Waals surface area contributed by atoms with E-state index in [1.165, 1.54) is 24.0 Å². The van der Waals surface area contributed by atoms with Crippen LogP contribution in [0.25, 0.3) is 20.8 Å². The highest BCUT2D eigenvalue weighted by molar-refractivity contribution is 7.21. The number of rotatable bonds is 3. The Labute approximate surface area is 168 Å². The van der Waals surface area contributed by atoms with Crippen LogP contribution >= 0.6 is 11.3 Å². The Morgan fingerprint density at radius 1 is 1.00 bits per heavy atom. The van der Waals surface area contributed by atoms with E-state index in [9.17, 15) is 0 Å². The molecule has 28 heavy (non-hydrogen) atoms. The molecule has 3 aromatic rings. The normalized spacial score (nSPS) is 21.0. The van der Waals surface area contributed by atoms with E-state index >= 15 is 0 Å². The van der Waals surface area contributed by atoms with E-state index in [4.69, 9.17) is 4.98 Å². The number of thiazole rings is 1. The topological polar surface area (TPSA) is 57.2 Å². The first kappa shape index (κ1) is 16.7. The lowest BCUT2D eigenvalue weighted by atomic mass is 9.79. The number of hydrogen-bond acceptors (Lipinski definition) is 7. The summed E-state index contributed by atoms with van der Waals surface area (Å²) >= 11 is 1.73. The van der Waals surface area contributed by atoms with Gasteiger partial charge in [-0.05, 0) is 37.9 Å². The van der Waals surface area contributed by atoms with Crippen molar-refractivity contribution < 1.29 is 0 Å². The molecule has 6 rings (SSSR count). The summed E-state index contributed by atoms with van der Waals surface area (Å²) in [6, 6.07) is 6.49. The second-order valence-corrected chi connectivity index (χ2v) is 9.44. The lowest BCUT2D eigenvalue weighted by Gasteiger charge is -2.48. The smallest absolute Gasteiger partial charge is 0.130 e. The molecule has 3 aromatic heterocycles. The summed E-state index contributed by atoms with van der Waals surface area (Å²) in [7, 11) is 0. The zero-order chi connectivity index (χ0) is 18.6. The number of nitrogens with zero attached hydrogens (tertiary/aromatic N) is 5. The van der Waals surface area contributed by atoms with E-state index in [1.807, 2.05) is 12.4 Å². The first-order valence-electron chi connectivity index (χ1n) is 10.2. The van der Waals surface area contributed by atoms with Crippen molar-refractivity contribution in [2.45, 2.75) is 19.3 Å². The van der Waals surface area contributed by atoms with Gasteiger partial charge in [-0.1, -0.05) is 0 Å². The molecule has 0 unspecified atom stereocenters. The molecular formula is C21H24N6S. The lowest BCUT2D eigenvalue weighted by Crippen LogP contribution is -2.57. The quantitative estimate of drug-likeness (QED) is 0.739. The van der Waals surface area contributed by atoms with Gasteiger partial charge in [0.15, 0.2) is 0 Å². The van der Waals surface area contributed by atoms with Crippen LogP contribution < -0.4 is 15.1 Å². The minimum Gasteiger partial charge on any atom is -0.357 e. The van der Waals surface area contributed by atoms with Gasteiger partial charge in [-0.3, -0.25) is 0 Å². The first-order valence-corrected chi connectivity index (χ1v) is 11.0. The van der Waals surface area contributed by atoms with Crippen molar-refractivity contribution >= 4 is 33.2 Å². The van der Waals surface area contributed by atoms with E-state index in [-0.39, 0.29) is 0 Å². The molecule has 0 atom stereocenters. The standard InChI is InChI=1S/C21H24N6S/c1-2-8-26(7-1)18-4-3-15(10-23-18)20-25-16-11-24-19(9-17(16)28-20)27-13-21(14-27)5-6-22-12-21/h3-4,9-11,22H,1-2,5-8,12-14H2. The minimum absolute atomic E-state index is 0.484. The summed E-state index contributed by atoms with van der Waals surface area (Å²) in [5, 5.41) is 4.52. The van der Waals surface area contributed by atoms with Gasteiger partial charge in [-0.2, -0.15) is 0 Å². The van der Waals surface area contributed by atoms with Crippen molar-refractivity contribution in [3.63, 3.8) is 0 Å². The highest BCUT2D eigenvalue weighted by Crippen LogP contribution is 2.39. The van der Waals surface area contributed by atoms with Gasteiger partial charge in [-0.15, -0.1) is 11.3 Å². The van der Waals surface area contributed by atoms with E-state index in [0.717, 1.165) is 67.0 Å². The van der Waals surface area contributed by atoms with Crippen LogP contribution in [0.3, 0.4) is 0 Å². The minimum atomic E-state index is 0.484. The highest BCUT2D eigenvalue weighted by atomic mass is 32.1. The maximum absolute atomic E-state index is 4.80. The molecule has 1 spiro atoms. The van der Waals surface area contributed by atoms with Gasteiger partial charge in [0.25, 0.3) is 0 Å². The Bertz CT molecular complexity index is 993. The lowest BCUT2D eigenvalue weighted by molar-refractivity contribution is 0.242. The number of anilines is 2. The average molecular weight is 393 g/mol. The molecule has 3 fully saturated rings. The van der Waals surface area contributed by atoms with Gasteiger partial charge in [0.2, 0.25) is 0 Å². The van der Waals surface area contributed by atoms with Crippen LogP contribution in [0.4, 0.5) is 11.6 Å². The van der Waals surface area contributed by atoms with Crippen LogP contribution in [-0.2, 0) is 0 Å². The molecule has 6 nitrogen and oxygen atoms in total. The number of pyridine rings is 2. The van der Waals surface area contributed by atoms with Crippen LogP contribution in [0.5, 0.6) is 0 Å². The van der Waals surface area contributed by atoms with Gasteiger partial charge < -0.3 is 15.1 Å². The Kier molecular flexibility index (Phi) is 3.81. The maximum Gasteiger partial charge on any atom is 0.130 e. The van der Waals surface area contributed by atoms with Crippen LogP contribution in [0.2, 0.25) is 0 Å². The second-order valence-electron chi connectivity index (χ2n) is 8.41. The molecule has 144 valence electrons. The van der Waals surface area contributed by atoms with Gasteiger partial charge >= 0.3 is 0 Å². The summed E-state index contributed by atoms with van der Waals surface area (Å²) in [6.45, 7) is 6.78. The summed E-state index contributed by atoms with van der Waals surface area (Å²) in [4.78, 5) is 18.9. The Morgan fingerprint density at radius 2 is 1.86 bits per heavy atom.